The number of alkyl halides is 3. The lowest BCUT2D eigenvalue weighted by Crippen LogP contribution is -2.17. The van der Waals surface area contributed by atoms with Crippen molar-refractivity contribution in [3.8, 4) is 5.75 Å². The summed E-state index contributed by atoms with van der Waals surface area (Å²) < 4.78 is 46.3. The highest BCUT2D eigenvalue weighted by Crippen LogP contribution is 2.34. The van der Waals surface area contributed by atoms with Crippen molar-refractivity contribution in [3.63, 3.8) is 0 Å². The van der Waals surface area contributed by atoms with Crippen LogP contribution < -0.4 is 10.1 Å². The average Bonchev–Trinajstić information content (AvgIpc) is 3.07. The number of carbonyl (C=O) groups excluding carboxylic acids is 1. The minimum atomic E-state index is -4.59. The van der Waals surface area contributed by atoms with Crippen LogP contribution in [0.2, 0.25) is 0 Å². The van der Waals surface area contributed by atoms with Crippen molar-refractivity contribution in [2.75, 3.05) is 5.32 Å². The van der Waals surface area contributed by atoms with Gasteiger partial charge < -0.3 is 9.30 Å². The molecule has 0 aliphatic heterocycles. The molecule has 4 aromatic rings. The van der Waals surface area contributed by atoms with E-state index in [4.69, 9.17) is 4.74 Å². The highest BCUT2D eigenvalue weighted by molar-refractivity contribution is 5.90. The van der Waals surface area contributed by atoms with Gasteiger partial charge in [-0.15, -0.1) is 0 Å². The van der Waals surface area contributed by atoms with E-state index in [1.807, 2.05) is 24.3 Å². The molecule has 2 aromatic carbocycles. The molecule has 0 unspecified atom stereocenters. The molecule has 0 aliphatic carbocycles. The number of imidazole rings is 1. The van der Waals surface area contributed by atoms with E-state index in [2.05, 4.69) is 15.3 Å². The molecular formula is C21H17F3N4O2. The van der Waals surface area contributed by atoms with Crippen LogP contribution in [0.4, 0.5) is 23.7 Å². The van der Waals surface area contributed by atoms with Crippen LogP contribution in [-0.2, 0) is 6.18 Å². The fraction of sp³-hybridized carbons (Fsp3) is 0.190. The van der Waals surface area contributed by atoms with Gasteiger partial charge >= 0.3 is 12.3 Å². The Labute approximate surface area is 169 Å². The third-order valence-electron chi connectivity index (χ3n) is 4.48. The molecule has 0 aliphatic rings. The van der Waals surface area contributed by atoms with Crippen molar-refractivity contribution in [3.05, 3.63) is 60.6 Å². The van der Waals surface area contributed by atoms with E-state index in [-0.39, 0.29) is 11.3 Å². The topological polar surface area (TPSA) is 69.0 Å². The number of rotatable bonds is 3. The monoisotopic (exact) mass is 414 g/mol. The van der Waals surface area contributed by atoms with Gasteiger partial charge in [0.05, 0.1) is 28.4 Å². The maximum Gasteiger partial charge on any atom is 0.449 e. The van der Waals surface area contributed by atoms with E-state index in [1.165, 1.54) is 24.4 Å². The molecule has 154 valence electrons. The molecule has 2 heterocycles. The average molecular weight is 414 g/mol. The number of aromatic nitrogens is 3. The number of hydrogen-bond acceptors (Lipinski definition) is 4. The fourth-order valence-corrected chi connectivity index (χ4v) is 3.25. The summed E-state index contributed by atoms with van der Waals surface area (Å²) in [5.41, 5.74) is 1.61. The van der Waals surface area contributed by atoms with E-state index in [0.29, 0.717) is 11.2 Å². The second kappa shape index (κ2) is 7.33. The van der Waals surface area contributed by atoms with Crippen LogP contribution in [0.25, 0.3) is 21.9 Å². The molecule has 0 radical (unpaired) electrons. The molecule has 0 saturated heterocycles. The molecule has 1 N–H and O–H groups in total. The first-order chi connectivity index (χ1) is 14.2. The quantitative estimate of drug-likeness (QED) is 0.460. The molecule has 0 atom stereocenters. The molecule has 0 spiro atoms. The third kappa shape index (κ3) is 3.78. The smallest absolute Gasteiger partial charge is 0.410 e. The number of para-hydroxylation sites is 1. The van der Waals surface area contributed by atoms with Crippen LogP contribution in [0, 0.1) is 0 Å². The number of carbonyl (C=O) groups is 1. The first-order valence-electron chi connectivity index (χ1n) is 9.15. The molecule has 0 fully saturated rings. The predicted octanol–water partition coefficient (Wildman–Crippen LogP) is 5.80. The molecule has 4 rings (SSSR count). The summed E-state index contributed by atoms with van der Waals surface area (Å²) >= 11 is 0. The highest BCUT2D eigenvalue weighted by atomic mass is 19.4. The number of ether oxygens (including phenoxy) is 1. The van der Waals surface area contributed by atoms with Gasteiger partial charge in [-0.2, -0.15) is 13.2 Å². The number of nitrogens with one attached hydrogen (secondary N) is 1. The van der Waals surface area contributed by atoms with Gasteiger partial charge in [-0.25, -0.2) is 9.78 Å². The summed E-state index contributed by atoms with van der Waals surface area (Å²) in [7, 11) is 0. The van der Waals surface area contributed by atoms with Crippen molar-refractivity contribution in [2.45, 2.75) is 26.1 Å². The Morgan fingerprint density at radius 2 is 1.87 bits per heavy atom. The van der Waals surface area contributed by atoms with Crippen LogP contribution in [0.15, 0.2) is 54.7 Å². The summed E-state index contributed by atoms with van der Waals surface area (Å²) in [6, 6.07) is 12.9. The third-order valence-corrected chi connectivity index (χ3v) is 4.48. The number of hydrogen-bond donors (Lipinski definition) is 1. The molecule has 6 nitrogen and oxygen atoms in total. The number of halogens is 3. The zero-order chi connectivity index (χ0) is 21.5. The fourth-order valence-electron chi connectivity index (χ4n) is 3.25. The standard InChI is InChI=1S/C21H17F3N4O2/c1-12(2)28-18-8-7-15(10-17(18)27-19(28)21(22,23)24)30-20(29)26-14-9-13-5-3-4-6-16(13)25-11-14/h3-12H,1-2H3,(H,26,29). The molecular weight excluding hydrogens is 397 g/mol. The van der Waals surface area contributed by atoms with Gasteiger partial charge in [-0.05, 0) is 38.1 Å². The zero-order valence-electron chi connectivity index (χ0n) is 16.1. The molecule has 0 saturated carbocycles. The Morgan fingerprint density at radius 1 is 1.10 bits per heavy atom. The first kappa shape index (κ1) is 19.7. The Balaban J connectivity index is 1.57. The van der Waals surface area contributed by atoms with Gasteiger partial charge in [0.25, 0.3) is 0 Å². The Hall–Kier alpha value is -3.62. The maximum atomic E-state index is 13.3. The number of benzene rings is 2. The normalized spacial score (nSPS) is 11.9. The van der Waals surface area contributed by atoms with E-state index >= 15 is 0 Å². The second-order valence-corrected chi connectivity index (χ2v) is 6.98. The summed E-state index contributed by atoms with van der Waals surface area (Å²) in [5.74, 6) is -0.910. The van der Waals surface area contributed by atoms with Crippen molar-refractivity contribution in [2.24, 2.45) is 0 Å². The van der Waals surface area contributed by atoms with Gasteiger partial charge in [0.15, 0.2) is 0 Å². The van der Waals surface area contributed by atoms with Crippen LogP contribution in [-0.4, -0.2) is 20.6 Å². The minimum absolute atomic E-state index is 0.0795. The Kier molecular flexibility index (Phi) is 4.81. The number of nitrogens with zero attached hydrogens (tertiary/aromatic N) is 3. The second-order valence-electron chi connectivity index (χ2n) is 6.98. The van der Waals surface area contributed by atoms with E-state index in [1.54, 1.807) is 19.9 Å². The van der Waals surface area contributed by atoms with Crippen LogP contribution in [0.3, 0.4) is 0 Å². The van der Waals surface area contributed by atoms with E-state index in [9.17, 15) is 18.0 Å². The van der Waals surface area contributed by atoms with Gasteiger partial charge in [0.2, 0.25) is 5.82 Å². The van der Waals surface area contributed by atoms with Gasteiger partial charge in [-0.3, -0.25) is 10.3 Å². The van der Waals surface area contributed by atoms with Gasteiger partial charge in [-0.1, -0.05) is 18.2 Å². The van der Waals surface area contributed by atoms with Crippen molar-refractivity contribution in [1.29, 1.82) is 0 Å². The van der Waals surface area contributed by atoms with Crippen molar-refractivity contribution in [1.82, 2.24) is 14.5 Å². The van der Waals surface area contributed by atoms with Crippen LogP contribution in [0.1, 0.15) is 25.7 Å². The maximum absolute atomic E-state index is 13.3. The number of anilines is 1. The molecule has 2 aromatic heterocycles. The van der Waals surface area contributed by atoms with E-state index < -0.39 is 24.1 Å². The van der Waals surface area contributed by atoms with Gasteiger partial charge in [0.1, 0.15) is 5.75 Å². The first-order valence-corrected chi connectivity index (χ1v) is 9.15. The molecule has 1 amide bonds. The summed E-state index contributed by atoms with van der Waals surface area (Å²) in [5, 5.41) is 3.40. The lowest BCUT2D eigenvalue weighted by molar-refractivity contribution is -0.147. The Bertz CT molecular complexity index is 1250. The zero-order valence-corrected chi connectivity index (χ0v) is 16.1. The number of fused-ring (bicyclic) bond motifs is 2. The van der Waals surface area contributed by atoms with Crippen LogP contribution in [0.5, 0.6) is 5.75 Å². The lowest BCUT2D eigenvalue weighted by Gasteiger charge is -2.14. The SMILES string of the molecule is CC(C)n1c(C(F)(F)F)nc2cc(OC(=O)Nc3cnc4ccccc4c3)ccc21. The number of pyridine rings is 1. The largest absolute Gasteiger partial charge is 0.449 e. The minimum Gasteiger partial charge on any atom is -0.410 e. The predicted molar refractivity (Wildman–Crippen MR) is 107 cm³/mol. The van der Waals surface area contributed by atoms with Crippen molar-refractivity contribution < 1.29 is 22.7 Å². The lowest BCUT2D eigenvalue weighted by atomic mass is 10.2. The van der Waals surface area contributed by atoms with Gasteiger partial charge in [0, 0.05) is 17.5 Å². The highest BCUT2D eigenvalue weighted by Gasteiger charge is 2.38. The molecule has 0 bridgehead atoms. The van der Waals surface area contributed by atoms with Crippen molar-refractivity contribution >= 4 is 33.7 Å². The molecule has 30 heavy (non-hydrogen) atoms. The molecule has 9 heteroatoms. The number of amides is 1. The summed E-state index contributed by atoms with van der Waals surface area (Å²) in [4.78, 5) is 20.2. The van der Waals surface area contributed by atoms with Crippen LogP contribution >= 0.6 is 0 Å². The Morgan fingerprint density at radius 3 is 2.60 bits per heavy atom. The summed E-state index contributed by atoms with van der Waals surface area (Å²) in [6.45, 7) is 3.29. The summed E-state index contributed by atoms with van der Waals surface area (Å²) in [6.07, 6.45) is -3.89. The van der Waals surface area contributed by atoms with E-state index in [0.717, 1.165) is 15.5 Å².